The highest BCUT2D eigenvalue weighted by atomic mass is 35.5. The van der Waals surface area contributed by atoms with Crippen molar-refractivity contribution in [3.05, 3.63) is 0 Å². The van der Waals surface area contributed by atoms with Gasteiger partial charge in [0.2, 0.25) is 5.91 Å². The van der Waals surface area contributed by atoms with Crippen LogP contribution in [0.15, 0.2) is 0 Å². The fourth-order valence-corrected chi connectivity index (χ4v) is 2.65. The smallest absolute Gasteiger partial charge is 0.225 e. The zero-order chi connectivity index (χ0) is 11.3. The van der Waals surface area contributed by atoms with Crippen molar-refractivity contribution in [3.63, 3.8) is 0 Å². The summed E-state index contributed by atoms with van der Waals surface area (Å²) in [6, 6.07) is 0. The number of amides is 1. The van der Waals surface area contributed by atoms with E-state index < -0.39 is 0 Å². The van der Waals surface area contributed by atoms with Gasteiger partial charge in [0.25, 0.3) is 0 Å². The standard InChI is InChI=1S/C12H22ClNO/c1-3-8-14(9-7-13)12(15)11-6-4-5-10(11)2/h10-11H,3-9H2,1-2H3. The van der Waals surface area contributed by atoms with Crippen LogP contribution in [0.2, 0.25) is 0 Å². The predicted molar refractivity (Wildman–Crippen MR) is 64.1 cm³/mol. The third-order valence-electron chi connectivity index (χ3n) is 3.34. The number of nitrogens with zero attached hydrogens (tertiary/aromatic N) is 1. The first-order valence-corrected chi connectivity index (χ1v) is 6.58. The molecule has 1 amide bonds. The minimum absolute atomic E-state index is 0.264. The van der Waals surface area contributed by atoms with Crippen LogP contribution in [0.4, 0.5) is 0 Å². The third-order valence-corrected chi connectivity index (χ3v) is 3.51. The molecule has 0 N–H and O–H groups in total. The summed E-state index contributed by atoms with van der Waals surface area (Å²) in [7, 11) is 0. The van der Waals surface area contributed by atoms with Crippen LogP contribution < -0.4 is 0 Å². The predicted octanol–water partition coefficient (Wildman–Crippen LogP) is 2.90. The summed E-state index contributed by atoms with van der Waals surface area (Å²) in [6.45, 7) is 5.86. The lowest BCUT2D eigenvalue weighted by molar-refractivity contribution is -0.136. The minimum Gasteiger partial charge on any atom is -0.341 e. The van der Waals surface area contributed by atoms with Crippen molar-refractivity contribution >= 4 is 17.5 Å². The Balaban J connectivity index is 2.54. The average Bonchev–Trinajstić information content (AvgIpc) is 2.63. The molecule has 1 aliphatic carbocycles. The van der Waals surface area contributed by atoms with Crippen LogP contribution in [0.3, 0.4) is 0 Å². The van der Waals surface area contributed by atoms with Crippen LogP contribution in [0, 0.1) is 11.8 Å². The maximum absolute atomic E-state index is 12.2. The van der Waals surface area contributed by atoms with Gasteiger partial charge in [0.1, 0.15) is 0 Å². The summed E-state index contributed by atoms with van der Waals surface area (Å²) in [4.78, 5) is 14.1. The molecule has 3 heteroatoms. The monoisotopic (exact) mass is 231 g/mol. The molecule has 2 nitrogen and oxygen atoms in total. The highest BCUT2D eigenvalue weighted by Crippen LogP contribution is 2.32. The van der Waals surface area contributed by atoms with Gasteiger partial charge >= 0.3 is 0 Å². The largest absolute Gasteiger partial charge is 0.341 e. The summed E-state index contributed by atoms with van der Waals surface area (Å²) in [6.07, 6.45) is 4.50. The van der Waals surface area contributed by atoms with Gasteiger partial charge in [0.05, 0.1) is 0 Å². The Bertz CT molecular complexity index is 202. The van der Waals surface area contributed by atoms with Crippen molar-refractivity contribution in [2.75, 3.05) is 19.0 Å². The Morgan fingerprint density at radius 2 is 2.13 bits per heavy atom. The topological polar surface area (TPSA) is 20.3 Å². The Hall–Kier alpha value is -0.240. The highest BCUT2D eigenvalue weighted by molar-refractivity contribution is 6.18. The van der Waals surface area contributed by atoms with Crippen molar-refractivity contribution in [1.82, 2.24) is 4.90 Å². The number of carbonyl (C=O) groups excluding carboxylic acids is 1. The Kier molecular flexibility index (Phi) is 5.44. The van der Waals surface area contributed by atoms with Gasteiger partial charge in [0.15, 0.2) is 0 Å². The lowest BCUT2D eigenvalue weighted by Gasteiger charge is -2.26. The van der Waals surface area contributed by atoms with Crippen LogP contribution in [-0.4, -0.2) is 29.8 Å². The molecule has 0 radical (unpaired) electrons. The molecule has 0 heterocycles. The Morgan fingerprint density at radius 1 is 1.40 bits per heavy atom. The van der Waals surface area contributed by atoms with E-state index in [0.29, 0.717) is 24.2 Å². The Morgan fingerprint density at radius 3 is 2.60 bits per heavy atom. The lowest BCUT2D eigenvalue weighted by Crippen LogP contribution is -2.38. The van der Waals surface area contributed by atoms with Crippen LogP contribution in [0.5, 0.6) is 0 Å². The van der Waals surface area contributed by atoms with E-state index >= 15 is 0 Å². The maximum atomic E-state index is 12.2. The molecule has 0 bridgehead atoms. The molecule has 0 aromatic rings. The van der Waals surface area contributed by atoms with Gasteiger partial charge in [-0.25, -0.2) is 0 Å². The molecule has 1 fully saturated rings. The van der Waals surface area contributed by atoms with Crippen molar-refractivity contribution in [1.29, 1.82) is 0 Å². The number of halogens is 1. The average molecular weight is 232 g/mol. The van der Waals surface area contributed by atoms with E-state index in [4.69, 9.17) is 11.6 Å². The summed E-state index contributed by atoms with van der Waals surface area (Å²) in [5.74, 6) is 1.71. The first-order valence-electron chi connectivity index (χ1n) is 6.05. The van der Waals surface area contributed by atoms with Crippen LogP contribution in [0.25, 0.3) is 0 Å². The number of alkyl halides is 1. The fraction of sp³-hybridized carbons (Fsp3) is 0.917. The molecule has 1 saturated carbocycles. The molecule has 2 unspecified atom stereocenters. The van der Waals surface area contributed by atoms with Crippen molar-refractivity contribution in [2.24, 2.45) is 11.8 Å². The quantitative estimate of drug-likeness (QED) is 0.667. The Labute approximate surface area is 98.0 Å². The molecule has 1 aliphatic rings. The second kappa shape index (κ2) is 6.37. The van der Waals surface area contributed by atoms with Crippen molar-refractivity contribution < 1.29 is 4.79 Å². The van der Waals surface area contributed by atoms with E-state index in [-0.39, 0.29) is 5.92 Å². The minimum atomic E-state index is 0.264. The van der Waals surface area contributed by atoms with E-state index in [1.54, 1.807) is 0 Å². The second-order valence-corrected chi connectivity index (χ2v) is 4.91. The van der Waals surface area contributed by atoms with Gasteiger partial charge < -0.3 is 4.90 Å². The molecule has 2 atom stereocenters. The molecule has 0 aromatic heterocycles. The van der Waals surface area contributed by atoms with Gasteiger partial charge in [-0.3, -0.25) is 4.79 Å². The summed E-state index contributed by atoms with van der Waals surface area (Å²) < 4.78 is 0. The number of hydrogen-bond donors (Lipinski definition) is 0. The molecular formula is C12H22ClNO. The third kappa shape index (κ3) is 3.37. The van der Waals surface area contributed by atoms with E-state index in [2.05, 4.69) is 13.8 Å². The van der Waals surface area contributed by atoms with Gasteiger partial charge in [-0.2, -0.15) is 0 Å². The molecule has 1 rings (SSSR count). The van der Waals surface area contributed by atoms with Crippen LogP contribution >= 0.6 is 11.6 Å². The maximum Gasteiger partial charge on any atom is 0.225 e. The van der Waals surface area contributed by atoms with Gasteiger partial charge in [-0.15, -0.1) is 11.6 Å². The first-order chi connectivity index (χ1) is 7.20. The molecule has 0 aromatic carbocycles. The van der Waals surface area contributed by atoms with E-state index in [1.165, 1.54) is 12.8 Å². The van der Waals surface area contributed by atoms with E-state index in [1.807, 2.05) is 4.90 Å². The van der Waals surface area contributed by atoms with Crippen molar-refractivity contribution in [2.45, 2.75) is 39.5 Å². The first kappa shape index (κ1) is 12.8. The van der Waals surface area contributed by atoms with Crippen LogP contribution in [0.1, 0.15) is 39.5 Å². The molecular weight excluding hydrogens is 210 g/mol. The van der Waals surface area contributed by atoms with E-state index in [9.17, 15) is 4.79 Å². The zero-order valence-electron chi connectivity index (χ0n) is 9.84. The van der Waals surface area contributed by atoms with Gasteiger partial charge in [-0.1, -0.05) is 20.3 Å². The van der Waals surface area contributed by atoms with Crippen molar-refractivity contribution in [3.8, 4) is 0 Å². The molecule has 15 heavy (non-hydrogen) atoms. The molecule has 0 saturated heterocycles. The zero-order valence-corrected chi connectivity index (χ0v) is 10.6. The van der Waals surface area contributed by atoms with Crippen LogP contribution in [-0.2, 0) is 4.79 Å². The molecule has 0 spiro atoms. The van der Waals surface area contributed by atoms with Gasteiger partial charge in [0, 0.05) is 24.9 Å². The lowest BCUT2D eigenvalue weighted by atomic mass is 9.96. The SMILES string of the molecule is CCCN(CCCl)C(=O)C1CCCC1C. The number of carbonyl (C=O) groups is 1. The fourth-order valence-electron chi connectivity index (χ4n) is 2.45. The molecule has 88 valence electrons. The highest BCUT2D eigenvalue weighted by Gasteiger charge is 2.32. The molecule has 0 aliphatic heterocycles. The normalized spacial score (nSPS) is 25.5. The van der Waals surface area contributed by atoms with Gasteiger partial charge in [-0.05, 0) is 25.2 Å². The summed E-state index contributed by atoms with van der Waals surface area (Å²) >= 11 is 5.73. The van der Waals surface area contributed by atoms with E-state index in [0.717, 1.165) is 19.4 Å². The number of rotatable bonds is 5. The summed E-state index contributed by atoms with van der Waals surface area (Å²) in [5.41, 5.74) is 0. The second-order valence-electron chi connectivity index (χ2n) is 4.53. The summed E-state index contributed by atoms with van der Waals surface area (Å²) in [5, 5.41) is 0. The number of hydrogen-bond acceptors (Lipinski definition) is 1.